The van der Waals surface area contributed by atoms with Crippen molar-refractivity contribution in [2.45, 2.75) is 12.8 Å². The topological polar surface area (TPSA) is 73.9 Å². The van der Waals surface area contributed by atoms with Crippen molar-refractivity contribution in [2.24, 2.45) is 0 Å². The standard InChI is InChI=1S/C19H20ClNO5/c1-24-16-6-4-3-5-13(16)7-10-19(23)26-12-18(22)21-15-11-14(20)8-9-17(15)25-2/h3-6,8-9,11H,7,10,12H2,1-2H3,(H,21,22). The van der Waals surface area contributed by atoms with Crippen LogP contribution in [0.25, 0.3) is 0 Å². The number of rotatable bonds is 8. The van der Waals surface area contributed by atoms with E-state index in [0.29, 0.717) is 28.6 Å². The van der Waals surface area contributed by atoms with Crippen molar-refractivity contribution in [1.82, 2.24) is 0 Å². The summed E-state index contributed by atoms with van der Waals surface area (Å²) in [4.78, 5) is 23.8. The third-order valence-corrected chi connectivity index (χ3v) is 3.83. The van der Waals surface area contributed by atoms with Gasteiger partial charge in [-0.15, -0.1) is 0 Å². The maximum atomic E-state index is 12.0. The molecule has 0 unspecified atom stereocenters. The first-order chi connectivity index (χ1) is 12.5. The van der Waals surface area contributed by atoms with E-state index in [1.54, 1.807) is 25.3 Å². The highest BCUT2D eigenvalue weighted by Gasteiger charge is 2.12. The number of ether oxygens (including phenoxy) is 3. The summed E-state index contributed by atoms with van der Waals surface area (Å²) in [5.74, 6) is 0.233. The van der Waals surface area contributed by atoms with E-state index >= 15 is 0 Å². The highest BCUT2D eigenvalue weighted by atomic mass is 35.5. The Morgan fingerprint density at radius 2 is 1.77 bits per heavy atom. The Kier molecular flexibility index (Phi) is 7.29. The fourth-order valence-corrected chi connectivity index (χ4v) is 2.50. The monoisotopic (exact) mass is 377 g/mol. The van der Waals surface area contributed by atoms with Gasteiger partial charge in [0.25, 0.3) is 5.91 Å². The van der Waals surface area contributed by atoms with Gasteiger partial charge in [0.1, 0.15) is 11.5 Å². The quantitative estimate of drug-likeness (QED) is 0.713. The minimum absolute atomic E-state index is 0.147. The first-order valence-corrected chi connectivity index (χ1v) is 8.32. The molecule has 2 rings (SSSR count). The predicted octanol–water partition coefficient (Wildman–Crippen LogP) is 3.47. The normalized spacial score (nSPS) is 10.1. The van der Waals surface area contributed by atoms with Crippen molar-refractivity contribution in [3.8, 4) is 11.5 Å². The van der Waals surface area contributed by atoms with Gasteiger partial charge in [-0.25, -0.2) is 0 Å². The SMILES string of the molecule is COc1ccccc1CCC(=O)OCC(=O)Nc1cc(Cl)ccc1OC. The van der Waals surface area contributed by atoms with E-state index in [0.717, 1.165) is 5.56 Å². The number of esters is 1. The molecule has 0 spiro atoms. The zero-order valence-electron chi connectivity index (χ0n) is 14.6. The van der Waals surface area contributed by atoms with Crippen molar-refractivity contribution in [3.63, 3.8) is 0 Å². The molecule has 0 aliphatic rings. The van der Waals surface area contributed by atoms with Gasteiger partial charge in [-0.3, -0.25) is 9.59 Å². The molecule has 6 nitrogen and oxygen atoms in total. The zero-order chi connectivity index (χ0) is 18.9. The highest BCUT2D eigenvalue weighted by Crippen LogP contribution is 2.27. The molecule has 2 aromatic carbocycles. The van der Waals surface area contributed by atoms with Crippen molar-refractivity contribution >= 4 is 29.2 Å². The summed E-state index contributed by atoms with van der Waals surface area (Å²) in [5.41, 5.74) is 1.31. The van der Waals surface area contributed by atoms with Gasteiger partial charge in [-0.1, -0.05) is 29.8 Å². The van der Waals surface area contributed by atoms with Crippen LogP contribution in [0.5, 0.6) is 11.5 Å². The summed E-state index contributed by atoms with van der Waals surface area (Å²) in [6.07, 6.45) is 0.612. The van der Waals surface area contributed by atoms with E-state index in [4.69, 9.17) is 25.8 Å². The number of carbonyl (C=O) groups is 2. The van der Waals surface area contributed by atoms with Crippen LogP contribution in [0.3, 0.4) is 0 Å². The molecule has 1 amide bonds. The van der Waals surface area contributed by atoms with Crippen molar-refractivity contribution in [2.75, 3.05) is 26.1 Å². The number of halogens is 1. The lowest BCUT2D eigenvalue weighted by atomic mass is 10.1. The molecule has 2 aromatic rings. The molecule has 0 radical (unpaired) electrons. The second-order valence-electron chi connectivity index (χ2n) is 5.37. The molecule has 0 fully saturated rings. The number of para-hydroxylation sites is 1. The van der Waals surface area contributed by atoms with E-state index < -0.39 is 11.9 Å². The van der Waals surface area contributed by atoms with Crippen LogP contribution in [0.15, 0.2) is 42.5 Å². The van der Waals surface area contributed by atoms with Crippen molar-refractivity contribution < 1.29 is 23.8 Å². The molecule has 26 heavy (non-hydrogen) atoms. The van der Waals surface area contributed by atoms with E-state index in [1.807, 2.05) is 24.3 Å². The third kappa shape index (κ3) is 5.67. The van der Waals surface area contributed by atoms with E-state index in [2.05, 4.69) is 5.32 Å². The number of carbonyl (C=O) groups excluding carboxylic acids is 2. The Morgan fingerprint density at radius 3 is 2.50 bits per heavy atom. The second-order valence-corrected chi connectivity index (χ2v) is 5.80. The molecular weight excluding hydrogens is 358 g/mol. The molecule has 0 bridgehead atoms. The van der Waals surface area contributed by atoms with Gasteiger partial charge in [-0.2, -0.15) is 0 Å². The van der Waals surface area contributed by atoms with Gasteiger partial charge in [0, 0.05) is 11.4 Å². The summed E-state index contributed by atoms with van der Waals surface area (Å²) in [7, 11) is 3.06. The van der Waals surface area contributed by atoms with Crippen LogP contribution >= 0.6 is 11.6 Å². The molecule has 1 N–H and O–H groups in total. The van der Waals surface area contributed by atoms with E-state index in [1.165, 1.54) is 7.11 Å². The Morgan fingerprint density at radius 1 is 1.04 bits per heavy atom. The van der Waals surface area contributed by atoms with Crippen LogP contribution in [0, 0.1) is 0 Å². The minimum atomic E-state index is -0.476. The minimum Gasteiger partial charge on any atom is -0.496 e. The molecule has 7 heteroatoms. The predicted molar refractivity (Wildman–Crippen MR) is 98.9 cm³/mol. The number of hydrogen-bond acceptors (Lipinski definition) is 5. The Balaban J connectivity index is 1.82. The van der Waals surface area contributed by atoms with Gasteiger partial charge >= 0.3 is 5.97 Å². The average molecular weight is 378 g/mol. The van der Waals surface area contributed by atoms with Crippen molar-refractivity contribution in [3.05, 3.63) is 53.1 Å². The maximum Gasteiger partial charge on any atom is 0.306 e. The summed E-state index contributed by atoms with van der Waals surface area (Å²) >= 11 is 5.91. The maximum absolute atomic E-state index is 12.0. The zero-order valence-corrected chi connectivity index (χ0v) is 15.3. The van der Waals surface area contributed by atoms with Gasteiger partial charge in [-0.05, 0) is 36.2 Å². The van der Waals surface area contributed by atoms with E-state index in [-0.39, 0.29) is 13.0 Å². The number of benzene rings is 2. The van der Waals surface area contributed by atoms with Crippen molar-refractivity contribution in [1.29, 1.82) is 0 Å². The number of methoxy groups -OCH3 is 2. The average Bonchev–Trinajstić information content (AvgIpc) is 2.65. The molecule has 0 saturated carbocycles. The molecule has 0 aromatic heterocycles. The highest BCUT2D eigenvalue weighted by molar-refractivity contribution is 6.31. The molecule has 138 valence electrons. The lowest BCUT2D eigenvalue weighted by Gasteiger charge is -2.11. The van der Waals surface area contributed by atoms with Crippen LogP contribution in [0.1, 0.15) is 12.0 Å². The molecule has 0 aliphatic carbocycles. The lowest BCUT2D eigenvalue weighted by molar-refractivity contribution is -0.147. The van der Waals surface area contributed by atoms with Crippen LogP contribution in [0.2, 0.25) is 5.02 Å². The molecular formula is C19H20ClNO5. The van der Waals surface area contributed by atoms with Gasteiger partial charge < -0.3 is 19.5 Å². The first kappa shape index (κ1) is 19.6. The van der Waals surface area contributed by atoms with Gasteiger partial charge in [0.2, 0.25) is 0 Å². The smallest absolute Gasteiger partial charge is 0.306 e. The fraction of sp³-hybridized carbons (Fsp3) is 0.263. The lowest BCUT2D eigenvalue weighted by Crippen LogP contribution is -2.21. The summed E-state index contributed by atoms with van der Waals surface area (Å²) in [5, 5.41) is 3.06. The third-order valence-electron chi connectivity index (χ3n) is 3.59. The largest absolute Gasteiger partial charge is 0.496 e. The number of nitrogens with one attached hydrogen (secondary N) is 1. The number of amides is 1. The van der Waals surface area contributed by atoms with Crippen LogP contribution in [-0.2, 0) is 20.7 Å². The summed E-state index contributed by atoms with van der Waals surface area (Å²) in [6, 6.07) is 12.3. The van der Waals surface area contributed by atoms with Gasteiger partial charge in [0.15, 0.2) is 6.61 Å². The van der Waals surface area contributed by atoms with Gasteiger partial charge in [0.05, 0.1) is 19.9 Å². The second kappa shape index (κ2) is 9.68. The molecule has 0 atom stereocenters. The number of aryl methyl sites for hydroxylation is 1. The fourth-order valence-electron chi connectivity index (χ4n) is 2.33. The number of hydrogen-bond donors (Lipinski definition) is 1. The first-order valence-electron chi connectivity index (χ1n) is 7.94. The Labute approximate surface area is 157 Å². The van der Waals surface area contributed by atoms with Crippen LogP contribution in [0.4, 0.5) is 5.69 Å². The summed E-state index contributed by atoms with van der Waals surface area (Å²) < 4.78 is 15.4. The van der Waals surface area contributed by atoms with E-state index in [9.17, 15) is 9.59 Å². The number of anilines is 1. The Bertz CT molecular complexity index is 778. The van der Waals surface area contributed by atoms with Crippen LogP contribution < -0.4 is 14.8 Å². The molecule has 0 aliphatic heterocycles. The Hall–Kier alpha value is -2.73. The molecule has 0 heterocycles. The molecule has 0 saturated heterocycles. The van der Waals surface area contributed by atoms with Crippen LogP contribution in [-0.4, -0.2) is 32.7 Å². The summed E-state index contributed by atoms with van der Waals surface area (Å²) in [6.45, 7) is -0.388.